The Hall–Kier alpha value is -4.11. The number of benzene rings is 3. The summed E-state index contributed by atoms with van der Waals surface area (Å²) in [7, 11) is 0. The SMILES string of the molecule is C/C=C\C(=C/C)N(/N=C/c1ccc(N(C(/C=C\C)=C/C)c2ccccc2)cc1)c1ccccc1. The minimum atomic E-state index is 1.01. The first-order chi connectivity index (χ1) is 16.7. The molecule has 0 saturated carbocycles. The number of nitrogens with zero attached hydrogens (tertiary/aromatic N) is 3. The normalized spacial score (nSPS) is 12.7. The molecule has 172 valence electrons. The Morgan fingerprint density at radius 1 is 0.588 bits per heavy atom. The summed E-state index contributed by atoms with van der Waals surface area (Å²) in [5, 5.41) is 6.77. The van der Waals surface area contributed by atoms with Crippen LogP contribution in [-0.2, 0) is 0 Å². The predicted molar refractivity (Wildman–Crippen MR) is 149 cm³/mol. The first kappa shape index (κ1) is 24.5. The molecular formula is C31H33N3. The quantitative estimate of drug-likeness (QED) is 0.186. The fraction of sp³-hybridized carbons (Fsp3) is 0.129. The van der Waals surface area contributed by atoms with Crippen LogP contribution >= 0.6 is 0 Å². The van der Waals surface area contributed by atoms with Gasteiger partial charge in [0.15, 0.2) is 0 Å². The smallest absolute Gasteiger partial charge is 0.0652 e. The van der Waals surface area contributed by atoms with Gasteiger partial charge in [-0.05, 0) is 81.8 Å². The number of rotatable bonds is 9. The van der Waals surface area contributed by atoms with Crippen molar-refractivity contribution < 1.29 is 0 Å². The molecule has 0 atom stereocenters. The zero-order valence-electron chi connectivity index (χ0n) is 20.5. The third kappa shape index (κ3) is 6.23. The fourth-order valence-corrected chi connectivity index (χ4v) is 3.64. The van der Waals surface area contributed by atoms with Gasteiger partial charge in [-0.3, -0.25) is 0 Å². The molecule has 0 aromatic heterocycles. The first-order valence-electron chi connectivity index (χ1n) is 11.6. The van der Waals surface area contributed by atoms with Crippen LogP contribution in [0.15, 0.2) is 138 Å². The Bertz CT molecular complexity index is 1170. The zero-order chi connectivity index (χ0) is 24.2. The van der Waals surface area contributed by atoms with Gasteiger partial charge < -0.3 is 4.90 Å². The summed E-state index contributed by atoms with van der Waals surface area (Å²) in [6.07, 6.45) is 14.4. The van der Waals surface area contributed by atoms with Crippen LogP contribution in [0, 0.1) is 0 Å². The summed E-state index contributed by atoms with van der Waals surface area (Å²) in [6, 6.07) is 29.1. The molecule has 3 rings (SSSR count). The lowest BCUT2D eigenvalue weighted by molar-refractivity contribution is 1.03. The first-order valence-corrected chi connectivity index (χ1v) is 11.6. The van der Waals surface area contributed by atoms with Crippen molar-refractivity contribution in [3.05, 3.63) is 138 Å². The molecule has 0 heterocycles. The van der Waals surface area contributed by atoms with E-state index in [1.54, 1.807) is 0 Å². The molecule has 3 heteroatoms. The standard InChI is InChI=1S/C31H33N3/c1-5-15-27(7-3)33(29-17-11-9-12-18-29)30-23-21-26(22-24-30)25-32-34(28(8-4)16-6-2)31-19-13-10-14-20-31/h5-25H,1-4H3/b15-5-,16-6-,27-7+,28-8+,32-25+. The molecule has 0 aliphatic carbocycles. The van der Waals surface area contributed by atoms with Crippen molar-refractivity contribution in [2.45, 2.75) is 27.7 Å². The summed E-state index contributed by atoms with van der Waals surface area (Å²) < 4.78 is 0. The third-order valence-electron chi connectivity index (χ3n) is 5.26. The van der Waals surface area contributed by atoms with Crippen LogP contribution in [-0.4, -0.2) is 6.21 Å². The number of para-hydroxylation sites is 2. The molecule has 0 saturated heterocycles. The van der Waals surface area contributed by atoms with Gasteiger partial charge in [0.05, 0.1) is 17.6 Å². The second-order valence-corrected chi connectivity index (χ2v) is 7.58. The van der Waals surface area contributed by atoms with Crippen molar-refractivity contribution in [1.82, 2.24) is 0 Å². The molecule has 0 aliphatic heterocycles. The van der Waals surface area contributed by atoms with Gasteiger partial charge in [-0.2, -0.15) is 5.10 Å². The van der Waals surface area contributed by atoms with Crippen molar-refractivity contribution in [2.24, 2.45) is 5.10 Å². The number of hydrazone groups is 1. The van der Waals surface area contributed by atoms with Gasteiger partial charge in [-0.1, -0.05) is 72.8 Å². The molecule has 0 aliphatic rings. The van der Waals surface area contributed by atoms with E-state index in [4.69, 9.17) is 5.10 Å². The number of anilines is 3. The molecule has 3 aromatic rings. The molecule has 0 unspecified atom stereocenters. The molecule has 0 radical (unpaired) electrons. The lowest BCUT2D eigenvalue weighted by atomic mass is 10.1. The number of allylic oxidation sites excluding steroid dienone is 6. The van der Waals surface area contributed by atoms with Crippen LogP contribution in [0.3, 0.4) is 0 Å². The van der Waals surface area contributed by atoms with Crippen molar-refractivity contribution in [1.29, 1.82) is 0 Å². The van der Waals surface area contributed by atoms with E-state index in [-0.39, 0.29) is 0 Å². The van der Waals surface area contributed by atoms with Crippen molar-refractivity contribution in [3.8, 4) is 0 Å². The summed E-state index contributed by atoms with van der Waals surface area (Å²) in [4.78, 5) is 2.25. The minimum absolute atomic E-state index is 1.01. The van der Waals surface area contributed by atoms with E-state index in [9.17, 15) is 0 Å². The highest BCUT2D eigenvalue weighted by Gasteiger charge is 2.12. The maximum atomic E-state index is 4.82. The fourth-order valence-electron chi connectivity index (χ4n) is 3.64. The number of hydrogen-bond acceptors (Lipinski definition) is 3. The molecule has 0 spiro atoms. The lowest BCUT2D eigenvalue weighted by Gasteiger charge is -2.26. The Kier molecular flexibility index (Phi) is 9.24. The zero-order valence-corrected chi connectivity index (χ0v) is 20.5. The minimum Gasteiger partial charge on any atom is -0.311 e. The second kappa shape index (κ2) is 12.8. The van der Waals surface area contributed by atoms with Gasteiger partial charge >= 0.3 is 0 Å². The highest BCUT2D eigenvalue weighted by atomic mass is 15.5. The van der Waals surface area contributed by atoms with Crippen LogP contribution in [0.5, 0.6) is 0 Å². The molecule has 0 N–H and O–H groups in total. The van der Waals surface area contributed by atoms with E-state index in [0.29, 0.717) is 0 Å². The summed E-state index contributed by atoms with van der Waals surface area (Å²) in [5.74, 6) is 0. The number of hydrogen-bond donors (Lipinski definition) is 0. The Morgan fingerprint density at radius 3 is 1.62 bits per heavy atom. The average Bonchev–Trinajstić information content (AvgIpc) is 2.89. The predicted octanol–water partition coefficient (Wildman–Crippen LogP) is 8.63. The van der Waals surface area contributed by atoms with E-state index in [1.807, 2.05) is 62.3 Å². The Balaban J connectivity index is 1.94. The molecule has 3 nitrogen and oxygen atoms in total. The van der Waals surface area contributed by atoms with Gasteiger partial charge in [0.25, 0.3) is 0 Å². The van der Waals surface area contributed by atoms with Gasteiger partial charge in [0.1, 0.15) is 0 Å². The largest absolute Gasteiger partial charge is 0.311 e. The van der Waals surface area contributed by atoms with Gasteiger partial charge in [-0.25, -0.2) is 5.01 Å². The van der Waals surface area contributed by atoms with E-state index in [1.165, 1.54) is 0 Å². The van der Waals surface area contributed by atoms with Crippen LogP contribution in [0.4, 0.5) is 17.1 Å². The summed E-state index contributed by atoms with van der Waals surface area (Å²) in [6.45, 7) is 8.14. The summed E-state index contributed by atoms with van der Waals surface area (Å²) >= 11 is 0. The van der Waals surface area contributed by atoms with E-state index in [2.05, 4.69) is 103 Å². The molecule has 0 amide bonds. The molecule has 3 aromatic carbocycles. The van der Waals surface area contributed by atoms with Gasteiger partial charge in [0.2, 0.25) is 0 Å². The maximum Gasteiger partial charge on any atom is 0.0652 e. The van der Waals surface area contributed by atoms with E-state index >= 15 is 0 Å². The van der Waals surface area contributed by atoms with Crippen molar-refractivity contribution >= 4 is 23.3 Å². The summed E-state index contributed by atoms with van der Waals surface area (Å²) in [5.41, 5.74) is 6.39. The highest BCUT2D eigenvalue weighted by Crippen LogP contribution is 2.30. The Morgan fingerprint density at radius 2 is 1.09 bits per heavy atom. The van der Waals surface area contributed by atoms with Crippen LogP contribution in [0.25, 0.3) is 0 Å². The molecule has 0 bridgehead atoms. The Labute approximate surface area is 204 Å². The average molecular weight is 448 g/mol. The highest BCUT2D eigenvalue weighted by molar-refractivity contribution is 5.82. The second-order valence-electron chi connectivity index (χ2n) is 7.58. The molecule has 0 fully saturated rings. The van der Waals surface area contributed by atoms with Gasteiger partial charge in [-0.15, -0.1) is 0 Å². The maximum absolute atomic E-state index is 4.82. The molecule has 34 heavy (non-hydrogen) atoms. The topological polar surface area (TPSA) is 18.8 Å². The van der Waals surface area contributed by atoms with Crippen LogP contribution in [0.2, 0.25) is 0 Å². The van der Waals surface area contributed by atoms with Gasteiger partial charge in [0, 0.05) is 17.1 Å². The van der Waals surface area contributed by atoms with Crippen molar-refractivity contribution in [2.75, 3.05) is 9.91 Å². The van der Waals surface area contributed by atoms with Crippen molar-refractivity contribution in [3.63, 3.8) is 0 Å². The molecular weight excluding hydrogens is 414 g/mol. The van der Waals surface area contributed by atoms with E-state index in [0.717, 1.165) is 34.0 Å². The monoisotopic (exact) mass is 447 g/mol. The van der Waals surface area contributed by atoms with Crippen LogP contribution < -0.4 is 9.91 Å². The van der Waals surface area contributed by atoms with E-state index < -0.39 is 0 Å². The third-order valence-corrected chi connectivity index (χ3v) is 5.26. The lowest BCUT2D eigenvalue weighted by Crippen LogP contribution is -2.15. The van der Waals surface area contributed by atoms with Crippen LogP contribution in [0.1, 0.15) is 33.3 Å².